The maximum atomic E-state index is 9.99. The number of fused-ring (bicyclic) bond motifs is 3. The number of nitrogens with zero attached hydrogens (tertiary/aromatic N) is 1. The van der Waals surface area contributed by atoms with Crippen LogP contribution in [0.25, 0.3) is 10.9 Å². The SMILES string of the molecule is Cc1ccc2c(c1)c1c3n2CCNC3CCC1.NC(CCC(=O)O)C(=O)O. The minimum absolute atomic E-state index is 0.0231. The van der Waals surface area contributed by atoms with Crippen LogP contribution in [0.15, 0.2) is 18.2 Å². The highest BCUT2D eigenvalue weighted by Crippen LogP contribution is 2.39. The summed E-state index contributed by atoms with van der Waals surface area (Å²) < 4.78 is 2.56. The zero-order valence-electron chi connectivity index (χ0n) is 15.6. The van der Waals surface area contributed by atoms with Gasteiger partial charge in [0.1, 0.15) is 6.04 Å². The highest BCUT2D eigenvalue weighted by atomic mass is 16.4. The maximum absolute atomic E-state index is 9.99. The molecule has 0 saturated heterocycles. The molecule has 1 aromatic heterocycles. The molecule has 0 bridgehead atoms. The van der Waals surface area contributed by atoms with Gasteiger partial charge in [0.05, 0.1) is 0 Å². The number of carbonyl (C=O) groups is 2. The van der Waals surface area contributed by atoms with Crippen LogP contribution in [0.4, 0.5) is 0 Å². The Hall–Kier alpha value is -2.38. The Morgan fingerprint density at radius 3 is 2.85 bits per heavy atom. The third-order valence-electron chi connectivity index (χ3n) is 5.33. The quantitative estimate of drug-likeness (QED) is 0.653. The van der Waals surface area contributed by atoms with Gasteiger partial charge in [-0.2, -0.15) is 0 Å². The van der Waals surface area contributed by atoms with Gasteiger partial charge in [0.2, 0.25) is 0 Å². The molecule has 0 radical (unpaired) electrons. The standard InChI is InChI=1S/C15H18N2.C5H9NO4/c1-10-5-6-14-12(9-10)11-3-2-4-13-15(11)17(14)8-7-16-13;6-3(5(9)10)1-2-4(7)8/h5-6,9,13,16H,2-4,7-8H2,1H3;3H,1-2,6H2,(H,7,8)(H,9,10). The van der Waals surface area contributed by atoms with E-state index in [0.717, 1.165) is 13.1 Å². The molecule has 2 aromatic rings. The lowest BCUT2D eigenvalue weighted by atomic mass is 9.90. The first-order valence-corrected chi connectivity index (χ1v) is 9.43. The molecule has 1 aliphatic heterocycles. The second-order valence-electron chi connectivity index (χ2n) is 7.31. The predicted octanol–water partition coefficient (Wildman–Crippen LogP) is 2.19. The van der Waals surface area contributed by atoms with Gasteiger partial charge in [-0.15, -0.1) is 0 Å². The van der Waals surface area contributed by atoms with E-state index in [9.17, 15) is 9.59 Å². The minimum Gasteiger partial charge on any atom is -0.481 e. The van der Waals surface area contributed by atoms with Crippen LogP contribution in [-0.2, 0) is 22.6 Å². The van der Waals surface area contributed by atoms with Gasteiger partial charge in [0.25, 0.3) is 0 Å². The maximum Gasteiger partial charge on any atom is 0.320 e. The molecule has 146 valence electrons. The Morgan fingerprint density at radius 1 is 1.37 bits per heavy atom. The number of carboxylic acids is 2. The number of aromatic nitrogens is 1. The van der Waals surface area contributed by atoms with Crippen molar-refractivity contribution < 1.29 is 19.8 Å². The van der Waals surface area contributed by atoms with Gasteiger partial charge in [-0.25, -0.2) is 0 Å². The molecule has 2 heterocycles. The molecule has 0 spiro atoms. The summed E-state index contributed by atoms with van der Waals surface area (Å²) in [4.78, 5) is 19.9. The fourth-order valence-electron chi connectivity index (χ4n) is 4.03. The zero-order chi connectivity index (χ0) is 19.6. The summed E-state index contributed by atoms with van der Waals surface area (Å²) >= 11 is 0. The van der Waals surface area contributed by atoms with Crippen molar-refractivity contribution in [3.05, 3.63) is 35.0 Å². The molecule has 2 aliphatic rings. The van der Waals surface area contributed by atoms with E-state index in [1.54, 1.807) is 11.3 Å². The summed E-state index contributed by atoms with van der Waals surface area (Å²) in [6.45, 7) is 4.45. The second kappa shape index (κ2) is 8.10. The number of aryl methyl sites for hydroxylation is 2. The van der Waals surface area contributed by atoms with Crippen molar-refractivity contribution in [1.82, 2.24) is 9.88 Å². The van der Waals surface area contributed by atoms with E-state index in [-0.39, 0.29) is 12.8 Å². The normalized spacial score (nSPS) is 19.0. The molecule has 0 fully saturated rings. The van der Waals surface area contributed by atoms with E-state index >= 15 is 0 Å². The third-order valence-corrected chi connectivity index (χ3v) is 5.33. The van der Waals surface area contributed by atoms with Crippen molar-refractivity contribution in [2.45, 2.75) is 57.7 Å². The van der Waals surface area contributed by atoms with Crippen molar-refractivity contribution in [3.63, 3.8) is 0 Å². The van der Waals surface area contributed by atoms with Crippen LogP contribution in [0.5, 0.6) is 0 Å². The molecule has 7 heteroatoms. The highest BCUT2D eigenvalue weighted by molar-refractivity contribution is 5.87. The Balaban J connectivity index is 0.000000183. The Labute approximate surface area is 158 Å². The van der Waals surface area contributed by atoms with Crippen LogP contribution < -0.4 is 11.1 Å². The molecule has 5 N–H and O–H groups in total. The number of aliphatic carboxylic acids is 2. The fourth-order valence-corrected chi connectivity index (χ4v) is 4.03. The van der Waals surface area contributed by atoms with Gasteiger partial charge < -0.3 is 25.8 Å². The summed E-state index contributed by atoms with van der Waals surface area (Å²) in [5.41, 5.74) is 11.0. The van der Waals surface area contributed by atoms with E-state index in [4.69, 9.17) is 15.9 Å². The fraction of sp³-hybridized carbons (Fsp3) is 0.500. The topological polar surface area (TPSA) is 118 Å². The van der Waals surface area contributed by atoms with E-state index in [1.165, 1.54) is 35.7 Å². The molecular formula is C20H27N3O4. The van der Waals surface area contributed by atoms with Gasteiger partial charge in [0, 0.05) is 42.1 Å². The summed E-state index contributed by atoms with van der Waals surface area (Å²) in [6.07, 6.45) is 3.68. The number of rotatable bonds is 4. The Kier molecular flexibility index (Phi) is 5.82. The molecule has 0 saturated carbocycles. The first-order chi connectivity index (χ1) is 12.9. The smallest absolute Gasteiger partial charge is 0.320 e. The molecule has 2 atom stereocenters. The van der Waals surface area contributed by atoms with Crippen LogP contribution in [0.3, 0.4) is 0 Å². The molecule has 4 rings (SSSR count). The van der Waals surface area contributed by atoms with Gasteiger partial charge in [-0.05, 0) is 50.3 Å². The van der Waals surface area contributed by atoms with Crippen molar-refractivity contribution in [2.24, 2.45) is 5.73 Å². The molecule has 7 nitrogen and oxygen atoms in total. The lowest BCUT2D eigenvalue weighted by Crippen LogP contribution is -2.35. The summed E-state index contributed by atoms with van der Waals surface area (Å²) in [6, 6.07) is 6.48. The van der Waals surface area contributed by atoms with Gasteiger partial charge in [-0.3, -0.25) is 9.59 Å². The number of carboxylic acid groups (broad SMARTS) is 2. The third kappa shape index (κ3) is 4.14. The lowest BCUT2D eigenvalue weighted by molar-refractivity contribution is -0.139. The van der Waals surface area contributed by atoms with E-state index in [0.29, 0.717) is 6.04 Å². The Bertz CT molecular complexity index is 857. The number of nitrogens with two attached hydrogens (primary N) is 1. The van der Waals surface area contributed by atoms with Gasteiger partial charge in [0.15, 0.2) is 0 Å². The molecule has 2 unspecified atom stereocenters. The zero-order valence-corrected chi connectivity index (χ0v) is 15.6. The van der Waals surface area contributed by atoms with E-state index in [1.807, 2.05) is 0 Å². The minimum atomic E-state index is -1.17. The monoisotopic (exact) mass is 373 g/mol. The molecule has 1 aliphatic carbocycles. The molecule has 1 aromatic carbocycles. The summed E-state index contributed by atoms with van der Waals surface area (Å²) in [5.74, 6) is -2.20. The van der Waals surface area contributed by atoms with E-state index in [2.05, 4.69) is 35.0 Å². The highest BCUT2D eigenvalue weighted by Gasteiger charge is 2.29. The van der Waals surface area contributed by atoms with Crippen molar-refractivity contribution in [3.8, 4) is 0 Å². The molecular weight excluding hydrogens is 346 g/mol. The van der Waals surface area contributed by atoms with Crippen LogP contribution in [0.1, 0.15) is 48.5 Å². The lowest BCUT2D eigenvalue weighted by Gasteiger charge is -2.31. The Morgan fingerprint density at radius 2 is 2.15 bits per heavy atom. The van der Waals surface area contributed by atoms with Crippen molar-refractivity contribution >= 4 is 22.8 Å². The van der Waals surface area contributed by atoms with Crippen LogP contribution in [-0.4, -0.2) is 39.3 Å². The average Bonchev–Trinajstić information content (AvgIpc) is 2.96. The first kappa shape index (κ1) is 19.4. The summed E-state index contributed by atoms with van der Waals surface area (Å²) in [7, 11) is 0. The number of hydrogen-bond acceptors (Lipinski definition) is 4. The van der Waals surface area contributed by atoms with Crippen LogP contribution in [0.2, 0.25) is 0 Å². The van der Waals surface area contributed by atoms with E-state index < -0.39 is 18.0 Å². The van der Waals surface area contributed by atoms with Crippen molar-refractivity contribution in [1.29, 1.82) is 0 Å². The number of hydrogen-bond donors (Lipinski definition) is 4. The predicted molar refractivity (Wildman–Crippen MR) is 103 cm³/mol. The molecule has 27 heavy (non-hydrogen) atoms. The number of nitrogens with one attached hydrogen (secondary N) is 1. The summed E-state index contributed by atoms with van der Waals surface area (Å²) in [5, 5.41) is 21.5. The molecule has 0 amide bonds. The van der Waals surface area contributed by atoms with Crippen LogP contribution in [0, 0.1) is 6.92 Å². The largest absolute Gasteiger partial charge is 0.481 e. The first-order valence-electron chi connectivity index (χ1n) is 9.43. The average molecular weight is 373 g/mol. The van der Waals surface area contributed by atoms with Gasteiger partial charge >= 0.3 is 11.9 Å². The van der Waals surface area contributed by atoms with Crippen LogP contribution >= 0.6 is 0 Å². The van der Waals surface area contributed by atoms with Gasteiger partial charge in [-0.1, -0.05) is 11.6 Å². The van der Waals surface area contributed by atoms with Crippen molar-refractivity contribution in [2.75, 3.05) is 6.54 Å². The second-order valence-corrected chi connectivity index (χ2v) is 7.31. The number of benzene rings is 1.